The third-order valence-corrected chi connectivity index (χ3v) is 5.50. The number of piperidine rings is 1. The van der Waals surface area contributed by atoms with Crippen molar-refractivity contribution in [2.45, 2.75) is 36.6 Å². The number of benzene rings is 1. The van der Waals surface area contributed by atoms with E-state index in [0.717, 1.165) is 50.1 Å². The van der Waals surface area contributed by atoms with Crippen molar-refractivity contribution in [3.8, 4) is 5.75 Å². The average Bonchev–Trinajstić information content (AvgIpc) is 2.54. The number of alkyl halides is 3. The lowest BCUT2D eigenvalue weighted by atomic mass is 10.0. The Balaban J connectivity index is 1.90. The number of rotatable bonds is 7. The number of nitrogens with zero attached hydrogens (tertiary/aromatic N) is 1. The molecular formula is C15H21F3N2O4S. The van der Waals surface area contributed by atoms with Gasteiger partial charge >= 0.3 is 6.36 Å². The normalized spacial score (nSPS) is 19.8. The third kappa shape index (κ3) is 6.14. The fourth-order valence-corrected chi connectivity index (χ4v) is 3.81. The van der Waals surface area contributed by atoms with E-state index in [0.29, 0.717) is 6.54 Å². The van der Waals surface area contributed by atoms with Gasteiger partial charge in [-0.15, -0.1) is 13.2 Å². The lowest BCUT2D eigenvalue weighted by Crippen LogP contribution is -2.45. The highest BCUT2D eigenvalue weighted by Crippen LogP contribution is 2.23. The third-order valence-electron chi connectivity index (χ3n) is 4.02. The van der Waals surface area contributed by atoms with Crippen molar-refractivity contribution in [2.75, 3.05) is 26.2 Å². The monoisotopic (exact) mass is 382 g/mol. The van der Waals surface area contributed by atoms with Crippen molar-refractivity contribution in [3.63, 3.8) is 0 Å². The molecule has 1 fully saturated rings. The lowest BCUT2D eigenvalue weighted by Gasteiger charge is -2.34. The van der Waals surface area contributed by atoms with Crippen molar-refractivity contribution < 1.29 is 31.4 Å². The molecule has 0 amide bonds. The van der Waals surface area contributed by atoms with E-state index in [9.17, 15) is 26.7 Å². The Morgan fingerprint density at radius 2 is 1.92 bits per heavy atom. The first-order valence-electron chi connectivity index (χ1n) is 7.92. The lowest BCUT2D eigenvalue weighted by molar-refractivity contribution is -0.274. The van der Waals surface area contributed by atoms with Gasteiger partial charge in [0.05, 0.1) is 11.5 Å². The Kier molecular flexibility index (Phi) is 6.66. The van der Waals surface area contributed by atoms with E-state index in [1.165, 1.54) is 0 Å². The number of hydrogen-bond acceptors (Lipinski definition) is 5. The minimum Gasteiger partial charge on any atom is -0.406 e. The van der Waals surface area contributed by atoms with E-state index in [2.05, 4.69) is 9.46 Å². The van der Waals surface area contributed by atoms with E-state index in [1.54, 1.807) is 0 Å². The molecule has 1 atom stereocenters. The molecule has 0 bridgehead atoms. The number of aliphatic hydroxyl groups excluding tert-OH is 1. The maximum Gasteiger partial charge on any atom is 0.573 e. The maximum atomic E-state index is 12.2. The summed E-state index contributed by atoms with van der Waals surface area (Å²) >= 11 is 0. The minimum absolute atomic E-state index is 0.0351. The van der Waals surface area contributed by atoms with Crippen molar-refractivity contribution in [1.82, 2.24) is 9.62 Å². The molecular weight excluding hydrogens is 361 g/mol. The maximum absolute atomic E-state index is 12.2. The molecule has 1 aliphatic rings. The molecule has 142 valence electrons. The molecule has 1 aromatic carbocycles. The number of nitrogens with one attached hydrogen (secondary N) is 1. The van der Waals surface area contributed by atoms with Gasteiger partial charge in [0.15, 0.2) is 0 Å². The second-order valence-corrected chi connectivity index (χ2v) is 7.55. The van der Waals surface area contributed by atoms with Crippen LogP contribution < -0.4 is 9.46 Å². The van der Waals surface area contributed by atoms with Gasteiger partial charge in [-0.1, -0.05) is 6.42 Å². The number of hydrogen-bond donors (Lipinski definition) is 2. The van der Waals surface area contributed by atoms with Crippen LogP contribution in [0.1, 0.15) is 19.3 Å². The SMILES string of the molecule is O=S(=O)(NCCN1CCCC[C@H]1CO)c1ccc(OC(F)(F)F)cc1. The molecule has 1 aliphatic heterocycles. The second kappa shape index (κ2) is 8.35. The van der Waals surface area contributed by atoms with Crippen LogP contribution in [-0.2, 0) is 10.0 Å². The van der Waals surface area contributed by atoms with Gasteiger partial charge in [-0.2, -0.15) is 0 Å². The van der Waals surface area contributed by atoms with Crippen LogP contribution in [0.2, 0.25) is 0 Å². The number of aliphatic hydroxyl groups is 1. The van der Waals surface area contributed by atoms with Crippen LogP contribution in [0.5, 0.6) is 5.75 Å². The molecule has 6 nitrogen and oxygen atoms in total. The van der Waals surface area contributed by atoms with Gasteiger partial charge in [0.1, 0.15) is 5.75 Å². The topological polar surface area (TPSA) is 78.9 Å². The molecule has 2 rings (SSSR count). The Morgan fingerprint density at radius 1 is 1.24 bits per heavy atom. The quantitative estimate of drug-likeness (QED) is 0.751. The van der Waals surface area contributed by atoms with Crippen LogP contribution in [0, 0.1) is 0 Å². The predicted octanol–water partition coefficient (Wildman–Crippen LogP) is 1.71. The summed E-state index contributed by atoms with van der Waals surface area (Å²) < 4.78 is 66.8. The van der Waals surface area contributed by atoms with Gasteiger partial charge in [-0.05, 0) is 43.7 Å². The highest BCUT2D eigenvalue weighted by atomic mass is 32.2. The molecule has 10 heteroatoms. The van der Waals surface area contributed by atoms with E-state index < -0.39 is 22.1 Å². The molecule has 25 heavy (non-hydrogen) atoms. The van der Waals surface area contributed by atoms with Crippen LogP contribution in [-0.4, -0.2) is 57.1 Å². The van der Waals surface area contributed by atoms with Crippen molar-refractivity contribution in [2.24, 2.45) is 0 Å². The van der Waals surface area contributed by atoms with Gasteiger partial charge < -0.3 is 9.84 Å². The highest BCUT2D eigenvalue weighted by molar-refractivity contribution is 7.89. The summed E-state index contributed by atoms with van der Waals surface area (Å²) in [6.45, 7) is 1.45. The summed E-state index contributed by atoms with van der Waals surface area (Å²) in [7, 11) is -3.82. The fraction of sp³-hybridized carbons (Fsp3) is 0.600. The Bertz CT molecular complexity index is 650. The summed E-state index contributed by atoms with van der Waals surface area (Å²) in [6.07, 6.45) is -1.90. The first-order chi connectivity index (χ1) is 11.7. The first kappa shape index (κ1) is 20.0. The summed E-state index contributed by atoms with van der Waals surface area (Å²) in [4.78, 5) is 1.89. The van der Waals surface area contributed by atoms with Gasteiger partial charge in [0.2, 0.25) is 10.0 Å². The largest absolute Gasteiger partial charge is 0.573 e. The van der Waals surface area contributed by atoms with Crippen molar-refractivity contribution in [3.05, 3.63) is 24.3 Å². The van der Waals surface area contributed by atoms with E-state index >= 15 is 0 Å². The van der Waals surface area contributed by atoms with E-state index in [4.69, 9.17) is 0 Å². The molecule has 0 spiro atoms. The van der Waals surface area contributed by atoms with Gasteiger partial charge in [-0.3, -0.25) is 4.90 Å². The highest BCUT2D eigenvalue weighted by Gasteiger charge is 2.31. The Labute approximate surface area is 144 Å². The minimum atomic E-state index is -4.82. The molecule has 1 saturated heterocycles. The standard InChI is InChI=1S/C15H21F3N2O4S/c16-15(17,18)24-13-4-6-14(7-5-13)25(22,23)19-8-10-20-9-2-1-3-12(20)11-21/h4-7,12,19,21H,1-3,8-11H2/t12-/m0/s1. The smallest absolute Gasteiger partial charge is 0.406 e. The predicted molar refractivity (Wildman–Crippen MR) is 84.6 cm³/mol. The van der Waals surface area contributed by atoms with Crippen molar-refractivity contribution in [1.29, 1.82) is 0 Å². The molecule has 0 radical (unpaired) electrons. The summed E-state index contributed by atoms with van der Waals surface area (Å²) in [5.41, 5.74) is 0. The first-order valence-corrected chi connectivity index (χ1v) is 9.40. The summed E-state index contributed by atoms with van der Waals surface area (Å²) in [6, 6.07) is 4.06. The Hall–Kier alpha value is -1.36. The van der Waals surface area contributed by atoms with Crippen LogP contribution in [0.15, 0.2) is 29.2 Å². The van der Waals surface area contributed by atoms with Crippen LogP contribution in [0.25, 0.3) is 0 Å². The van der Waals surface area contributed by atoms with Gasteiger partial charge in [-0.25, -0.2) is 13.1 Å². The number of likely N-dealkylation sites (tertiary alicyclic amines) is 1. The number of sulfonamides is 1. The fourth-order valence-electron chi connectivity index (χ4n) is 2.79. The molecule has 0 saturated carbocycles. The zero-order valence-electron chi connectivity index (χ0n) is 13.5. The average molecular weight is 382 g/mol. The molecule has 0 aliphatic carbocycles. The molecule has 1 aromatic rings. The van der Waals surface area contributed by atoms with E-state index in [-0.39, 0.29) is 24.1 Å². The zero-order chi connectivity index (χ0) is 18.5. The van der Waals surface area contributed by atoms with Gasteiger partial charge in [0, 0.05) is 19.1 Å². The van der Waals surface area contributed by atoms with Gasteiger partial charge in [0.25, 0.3) is 0 Å². The van der Waals surface area contributed by atoms with Crippen LogP contribution in [0.4, 0.5) is 13.2 Å². The zero-order valence-corrected chi connectivity index (χ0v) is 14.3. The molecule has 0 aromatic heterocycles. The Morgan fingerprint density at radius 3 is 2.52 bits per heavy atom. The van der Waals surface area contributed by atoms with Crippen molar-refractivity contribution >= 4 is 10.0 Å². The summed E-state index contributed by atoms with van der Waals surface area (Å²) in [5, 5.41) is 9.33. The molecule has 0 unspecified atom stereocenters. The number of ether oxygens (including phenoxy) is 1. The van der Waals surface area contributed by atoms with Crippen LogP contribution >= 0.6 is 0 Å². The second-order valence-electron chi connectivity index (χ2n) is 5.79. The van der Waals surface area contributed by atoms with E-state index in [1.807, 2.05) is 4.90 Å². The number of halogens is 3. The van der Waals surface area contributed by atoms with Crippen LogP contribution in [0.3, 0.4) is 0 Å². The summed E-state index contributed by atoms with van der Waals surface area (Å²) in [5.74, 6) is -0.481. The molecule has 1 heterocycles. The molecule has 2 N–H and O–H groups in total.